The van der Waals surface area contributed by atoms with E-state index < -0.39 is 17.7 Å². The fourth-order valence-electron chi connectivity index (χ4n) is 7.58. The SMILES string of the molecule is BC(B)(B)n1nc(C2CCN(C3CN(C(=O)OC)C3)CC2)c2nc(-c3nc4cc(C)c([C@H](OC(C)(C)C)C(=O)O)c(-c5ccc(Cl)cc5)c4s3)ccc21. The molecule has 274 valence electrons. The average molecular weight is 753 g/mol. The zero-order valence-electron chi connectivity index (χ0n) is 31.6. The van der Waals surface area contributed by atoms with Crippen molar-refractivity contribution in [1.82, 2.24) is 29.5 Å². The minimum absolute atomic E-state index is 0.240. The molecule has 1 atom stereocenters. The zero-order chi connectivity index (χ0) is 38.0. The number of nitrogens with zero attached hydrogens (tertiary/aromatic N) is 6. The van der Waals surface area contributed by atoms with Gasteiger partial charge in [0.2, 0.25) is 0 Å². The van der Waals surface area contributed by atoms with Crippen molar-refractivity contribution >= 4 is 79.8 Å². The molecule has 11 nitrogen and oxygen atoms in total. The summed E-state index contributed by atoms with van der Waals surface area (Å²) >= 11 is 7.81. The van der Waals surface area contributed by atoms with Gasteiger partial charge in [0.05, 0.1) is 39.8 Å². The van der Waals surface area contributed by atoms with Crippen molar-refractivity contribution < 1.29 is 24.2 Å². The van der Waals surface area contributed by atoms with Gasteiger partial charge < -0.3 is 19.5 Å². The van der Waals surface area contributed by atoms with E-state index in [1.54, 1.807) is 4.90 Å². The van der Waals surface area contributed by atoms with Crippen molar-refractivity contribution in [3.8, 4) is 21.8 Å². The van der Waals surface area contributed by atoms with Crippen LogP contribution in [0, 0.1) is 6.92 Å². The van der Waals surface area contributed by atoms with Crippen LogP contribution in [0.1, 0.15) is 62.5 Å². The van der Waals surface area contributed by atoms with Crippen molar-refractivity contribution in [3.63, 3.8) is 0 Å². The van der Waals surface area contributed by atoms with Gasteiger partial charge in [0.1, 0.15) is 34.1 Å². The first-order chi connectivity index (χ1) is 25.0. The number of methoxy groups -OCH3 is 1. The van der Waals surface area contributed by atoms with Crippen LogP contribution in [0.4, 0.5) is 4.79 Å². The highest BCUT2D eigenvalue weighted by molar-refractivity contribution is 7.22. The highest BCUT2D eigenvalue weighted by atomic mass is 35.5. The normalized spacial score (nSPS) is 17.0. The summed E-state index contributed by atoms with van der Waals surface area (Å²) in [6.45, 7) is 10.8. The molecule has 3 aromatic heterocycles. The highest BCUT2D eigenvalue weighted by Gasteiger charge is 2.38. The fraction of sp³-hybridized carbons (Fsp3) is 0.432. The van der Waals surface area contributed by atoms with Gasteiger partial charge in [-0.3, -0.25) is 9.58 Å². The zero-order valence-corrected chi connectivity index (χ0v) is 33.1. The van der Waals surface area contributed by atoms with Gasteiger partial charge >= 0.3 is 12.1 Å². The third-order valence-corrected chi connectivity index (χ3v) is 11.5. The molecule has 0 radical (unpaired) electrons. The van der Waals surface area contributed by atoms with Crippen molar-refractivity contribution in [2.75, 3.05) is 33.3 Å². The van der Waals surface area contributed by atoms with Crippen LogP contribution in [0.5, 0.6) is 0 Å². The number of aromatic nitrogens is 4. The van der Waals surface area contributed by atoms with Gasteiger partial charge in [-0.05, 0) is 100 Å². The van der Waals surface area contributed by atoms with Crippen LogP contribution < -0.4 is 0 Å². The number of pyridine rings is 1. The second-order valence-corrected chi connectivity index (χ2v) is 17.6. The second-order valence-electron chi connectivity index (χ2n) is 16.2. The predicted molar refractivity (Wildman–Crippen MR) is 217 cm³/mol. The predicted octanol–water partition coefficient (Wildman–Crippen LogP) is 4.37. The molecule has 5 heterocycles. The molecule has 1 N–H and O–H groups in total. The maximum Gasteiger partial charge on any atom is 0.409 e. The number of amides is 1. The molecule has 0 unspecified atom stereocenters. The number of hydrogen-bond donors (Lipinski definition) is 1. The van der Waals surface area contributed by atoms with Crippen molar-refractivity contribution in [1.29, 1.82) is 0 Å². The van der Waals surface area contributed by atoms with Crippen LogP contribution >= 0.6 is 22.9 Å². The summed E-state index contributed by atoms with van der Waals surface area (Å²) in [6.07, 6.45) is 0.442. The molecule has 2 fully saturated rings. The number of aliphatic carboxylic acids is 1. The summed E-state index contributed by atoms with van der Waals surface area (Å²) < 4.78 is 14.0. The number of carboxylic acids is 1. The number of benzene rings is 2. The molecule has 0 aliphatic carbocycles. The monoisotopic (exact) mass is 752 g/mol. The Bertz CT molecular complexity index is 2200. The van der Waals surface area contributed by atoms with Crippen LogP contribution in [0.3, 0.4) is 0 Å². The first-order valence-electron chi connectivity index (χ1n) is 18.1. The lowest BCUT2D eigenvalue weighted by Crippen LogP contribution is -2.62. The molecule has 0 bridgehead atoms. The molecule has 0 spiro atoms. The molecule has 2 aliphatic rings. The molecule has 5 aromatic rings. The molecule has 16 heteroatoms. The first-order valence-corrected chi connectivity index (χ1v) is 19.3. The smallest absolute Gasteiger partial charge is 0.409 e. The van der Waals surface area contributed by atoms with Crippen LogP contribution in [0.2, 0.25) is 5.02 Å². The third kappa shape index (κ3) is 7.33. The van der Waals surface area contributed by atoms with Crippen LogP contribution in [0.25, 0.3) is 43.1 Å². The van der Waals surface area contributed by atoms with Crippen molar-refractivity contribution in [3.05, 3.63) is 64.3 Å². The Morgan fingerprint density at radius 2 is 1.72 bits per heavy atom. The number of piperidine rings is 1. The second kappa shape index (κ2) is 14.1. The van der Waals surface area contributed by atoms with E-state index in [1.807, 2.05) is 64.1 Å². The Morgan fingerprint density at radius 1 is 1.04 bits per heavy atom. The number of halogens is 1. The maximum atomic E-state index is 12.8. The number of carboxylic acid groups (broad SMARTS) is 1. The lowest BCUT2D eigenvalue weighted by molar-refractivity contribution is -0.160. The Balaban J connectivity index is 1.29. The van der Waals surface area contributed by atoms with Gasteiger partial charge in [0.15, 0.2) is 6.10 Å². The summed E-state index contributed by atoms with van der Waals surface area (Å²) in [5.41, 5.74) is 6.65. The Labute approximate surface area is 321 Å². The molecular formula is C37H44B3ClN6O5S. The van der Waals surface area contributed by atoms with E-state index in [1.165, 1.54) is 18.4 Å². The van der Waals surface area contributed by atoms with E-state index in [2.05, 4.69) is 39.2 Å². The molecular weight excluding hydrogens is 708 g/mol. The van der Waals surface area contributed by atoms with E-state index in [0.717, 1.165) is 80.3 Å². The Hall–Kier alpha value is -3.91. The number of aryl methyl sites for hydroxylation is 1. The standard InChI is InChI=1S/C37H44B3ClN6O5S/c1-19-16-25-32(28(20-6-8-22(41)9-7-20)27(19)31(34(48)49)52-36(2,3)4)53-33(43-25)24-10-11-26-30(42-24)29(44-47(26)37(38,39)40)21-12-14-45(15-13-21)23-17-46(18-23)35(50)51-5/h6-11,16,21,23,31H,12-15,17-18,38-40H2,1-5H3,(H,48,49)/t31-/m0/s1. The summed E-state index contributed by atoms with van der Waals surface area (Å²) in [6, 6.07) is 13.9. The highest BCUT2D eigenvalue weighted by Crippen LogP contribution is 2.45. The molecule has 2 aliphatic heterocycles. The molecule has 53 heavy (non-hydrogen) atoms. The lowest BCUT2D eigenvalue weighted by Gasteiger charge is -2.46. The van der Waals surface area contributed by atoms with Gasteiger partial charge in [0.25, 0.3) is 0 Å². The van der Waals surface area contributed by atoms with E-state index in [-0.39, 0.29) is 17.2 Å². The van der Waals surface area contributed by atoms with E-state index >= 15 is 0 Å². The van der Waals surface area contributed by atoms with E-state index in [4.69, 9.17) is 36.1 Å². The number of hydrogen-bond acceptors (Lipinski definition) is 9. The summed E-state index contributed by atoms with van der Waals surface area (Å²) in [7, 11) is 7.89. The Morgan fingerprint density at radius 3 is 2.32 bits per heavy atom. The van der Waals surface area contributed by atoms with Crippen molar-refractivity contribution in [2.45, 2.75) is 69.4 Å². The molecule has 2 saturated heterocycles. The fourth-order valence-corrected chi connectivity index (χ4v) is 8.80. The largest absolute Gasteiger partial charge is 0.479 e. The molecule has 1 amide bonds. The number of rotatable bonds is 8. The molecule has 7 rings (SSSR count). The quantitative estimate of drug-likeness (QED) is 0.230. The topological polar surface area (TPSA) is 123 Å². The van der Waals surface area contributed by atoms with Crippen molar-refractivity contribution in [2.24, 2.45) is 0 Å². The number of likely N-dealkylation sites (tertiary alicyclic amines) is 2. The minimum Gasteiger partial charge on any atom is -0.479 e. The number of fused-ring (bicyclic) bond motifs is 2. The van der Waals surface area contributed by atoms with Gasteiger partial charge in [0, 0.05) is 41.2 Å². The van der Waals surface area contributed by atoms with E-state index in [0.29, 0.717) is 29.7 Å². The number of carbonyl (C=O) groups excluding carboxylic acids is 1. The summed E-state index contributed by atoms with van der Waals surface area (Å²) in [4.78, 5) is 39.3. The maximum absolute atomic E-state index is 12.8. The van der Waals surface area contributed by atoms with Gasteiger partial charge in [-0.15, -0.1) is 11.3 Å². The number of carbonyl (C=O) groups is 2. The Kier molecular flexibility index (Phi) is 9.93. The van der Waals surface area contributed by atoms with Crippen LogP contribution in [0.15, 0.2) is 42.5 Å². The molecule has 0 saturated carbocycles. The number of ether oxygens (including phenoxy) is 2. The number of thiazole rings is 1. The first kappa shape index (κ1) is 37.4. The third-order valence-electron chi connectivity index (χ3n) is 10.2. The average Bonchev–Trinajstić information content (AvgIpc) is 3.68. The summed E-state index contributed by atoms with van der Waals surface area (Å²) in [5.74, 6) is -0.816. The summed E-state index contributed by atoms with van der Waals surface area (Å²) in [5, 5.41) is 16.8. The van der Waals surface area contributed by atoms with Gasteiger partial charge in [-0.25, -0.2) is 19.6 Å². The van der Waals surface area contributed by atoms with Gasteiger partial charge in [-0.2, -0.15) is 5.10 Å². The lowest BCUT2D eigenvalue weighted by atomic mass is 9.49. The van der Waals surface area contributed by atoms with Crippen LogP contribution in [-0.2, 0) is 19.5 Å². The van der Waals surface area contributed by atoms with Gasteiger partial charge in [-0.1, -0.05) is 23.7 Å². The van der Waals surface area contributed by atoms with Crippen LogP contribution in [-0.4, -0.2) is 115 Å². The molecule has 2 aromatic carbocycles. The van der Waals surface area contributed by atoms with E-state index in [9.17, 15) is 14.7 Å². The minimum atomic E-state index is -1.20.